The Kier molecular flexibility index (Phi) is 5.54. The van der Waals surface area contributed by atoms with Crippen molar-refractivity contribution in [3.8, 4) is 11.5 Å². The van der Waals surface area contributed by atoms with Crippen molar-refractivity contribution in [1.29, 1.82) is 0 Å². The van der Waals surface area contributed by atoms with Gasteiger partial charge in [0.25, 0.3) is 0 Å². The molecule has 0 saturated heterocycles. The summed E-state index contributed by atoms with van der Waals surface area (Å²) in [5.41, 5.74) is 2.80. The standard InChI is InChI=1S/C21H26FN3O2/c1-5-23(6-2)15-9-11-17-19(13-15)27-20-14-16(24(7-3)8-4)10-12-18(20)25(17)21(22)26/h9-14H,5-8H2,1-4H3. The number of fused-ring (bicyclic) bond motifs is 2. The van der Waals surface area contributed by atoms with Crippen molar-refractivity contribution in [2.45, 2.75) is 27.7 Å². The SMILES string of the molecule is CCN(CC)c1ccc2c(c1)Oc1cc(N(CC)CC)ccc1N2C(=O)F. The molecule has 5 nitrogen and oxygen atoms in total. The van der Waals surface area contributed by atoms with Crippen LogP contribution >= 0.6 is 0 Å². The van der Waals surface area contributed by atoms with E-state index in [-0.39, 0.29) is 0 Å². The van der Waals surface area contributed by atoms with Crippen LogP contribution < -0.4 is 19.4 Å². The van der Waals surface area contributed by atoms with Gasteiger partial charge in [-0.05, 0) is 52.0 Å². The number of halogens is 1. The van der Waals surface area contributed by atoms with Crippen molar-refractivity contribution < 1.29 is 13.9 Å². The number of benzene rings is 2. The van der Waals surface area contributed by atoms with E-state index in [4.69, 9.17) is 4.74 Å². The minimum atomic E-state index is -1.52. The highest BCUT2D eigenvalue weighted by Crippen LogP contribution is 2.49. The number of anilines is 4. The molecule has 0 radical (unpaired) electrons. The van der Waals surface area contributed by atoms with Crippen LogP contribution in [0.5, 0.6) is 11.5 Å². The first-order valence-electron chi connectivity index (χ1n) is 9.49. The molecule has 0 N–H and O–H groups in total. The number of nitrogens with zero attached hydrogens (tertiary/aromatic N) is 3. The minimum Gasteiger partial charge on any atom is -0.453 e. The molecular formula is C21H26FN3O2. The van der Waals surface area contributed by atoms with Crippen LogP contribution in [0.3, 0.4) is 0 Å². The van der Waals surface area contributed by atoms with E-state index in [1.165, 1.54) is 0 Å². The van der Waals surface area contributed by atoms with Crippen LogP contribution in [-0.2, 0) is 0 Å². The van der Waals surface area contributed by atoms with Crippen LogP contribution in [0.2, 0.25) is 0 Å². The van der Waals surface area contributed by atoms with Gasteiger partial charge in [0.2, 0.25) is 0 Å². The van der Waals surface area contributed by atoms with Crippen molar-refractivity contribution in [1.82, 2.24) is 0 Å². The summed E-state index contributed by atoms with van der Waals surface area (Å²) in [6.45, 7) is 11.7. The Morgan fingerprint density at radius 1 is 0.852 bits per heavy atom. The number of hydrogen-bond acceptors (Lipinski definition) is 4. The van der Waals surface area contributed by atoms with Gasteiger partial charge in [-0.15, -0.1) is 4.39 Å². The first kappa shape index (κ1) is 19.0. The monoisotopic (exact) mass is 371 g/mol. The predicted octanol–water partition coefficient (Wildman–Crippen LogP) is 5.71. The number of ether oxygens (including phenoxy) is 1. The minimum absolute atomic E-state index is 0.418. The first-order chi connectivity index (χ1) is 13.0. The smallest absolute Gasteiger partial charge is 0.409 e. The molecule has 0 bridgehead atoms. The Labute approximate surface area is 159 Å². The molecule has 144 valence electrons. The maximum atomic E-state index is 13.9. The summed E-state index contributed by atoms with van der Waals surface area (Å²) in [6, 6.07) is 11.0. The van der Waals surface area contributed by atoms with E-state index in [1.807, 2.05) is 24.3 Å². The lowest BCUT2D eigenvalue weighted by atomic mass is 10.1. The van der Waals surface area contributed by atoms with Gasteiger partial charge >= 0.3 is 6.16 Å². The van der Waals surface area contributed by atoms with Gasteiger partial charge in [-0.2, -0.15) is 0 Å². The van der Waals surface area contributed by atoms with Crippen LogP contribution in [0.15, 0.2) is 36.4 Å². The largest absolute Gasteiger partial charge is 0.453 e. The van der Waals surface area contributed by atoms with Gasteiger partial charge in [0.05, 0.1) is 11.4 Å². The highest BCUT2D eigenvalue weighted by atomic mass is 19.1. The summed E-state index contributed by atoms with van der Waals surface area (Å²) >= 11 is 0. The molecule has 1 aliphatic heterocycles. The average molecular weight is 371 g/mol. The normalized spacial score (nSPS) is 12.1. The third-order valence-electron chi connectivity index (χ3n) is 5.02. The van der Waals surface area contributed by atoms with Crippen LogP contribution in [0.25, 0.3) is 0 Å². The van der Waals surface area contributed by atoms with Crippen molar-refractivity contribution in [2.75, 3.05) is 40.9 Å². The Hall–Kier alpha value is -2.76. The third-order valence-corrected chi connectivity index (χ3v) is 5.02. The van der Waals surface area contributed by atoms with Crippen LogP contribution in [0.4, 0.5) is 31.9 Å². The lowest BCUT2D eigenvalue weighted by Gasteiger charge is -2.31. The summed E-state index contributed by atoms with van der Waals surface area (Å²) in [7, 11) is 0. The summed E-state index contributed by atoms with van der Waals surface area (Å²) in [5.74, 6) is 0.962. The number of rotatable bonds is 6. The van der Waals surface area contributed by atoms with Crippen molar-refractivity contribution in [2.24, 2.45) is 0 Å². The molecule has 0 spiro atoms. The summed E-state index contributed by atoms with van der Waals surface area (Å²) in [5, 5.41) is 0. The fourth-order valence-electron chi connectivity index (χ4n) is 3.55. The van der Waals surface area contributed by atoms with Crippen molar-refractivity contribution in [3.05, 3.63) is 36.4 Å². The number of carbonyl (C=O) groups excluding carboxylic acids is 1. The van der Waals surface area contributed by atoms with E-state index >= 15 is 0 Å². The van der Waals surface area contributed by atoms with Crippen LogP contribution in [-0.4, -0.2) is 32.3 Å². The van der Waals surface area contributed by atoms with Gasteiger partial charge in [0.15, 0.2) is 11.5 Å². The molecule has 1 aliphatic rings. The number of hydrogen-bond donors (Lipinski definition) is 0. The number of carbonyl (C=O) groups is 1. The maximum Gasteiger partial charge on any atom is 0.409 e. The summed E-state index contributed by atoms with van der Waals surface area (Å²) in [6.07, 6.45) is -1.52. The zero-order valence-corrected chi connectivity index (χ0v) is 16.3. The molecule has 2 aromatic carbocycles. The Balaban J connectivity index is 2.08. The molecule has 0 atom stereocenters. The summed E-state index contributed by atoms with van der Waals surface area (Å²) < 4.78 is 20.0. The van der Waals surface area contributed by atoms with Gasteiger partial charge < -0.3 is 14.5 Å². The highest BCUT2D eigenvalue weighted by Gasteiger charge is 2.30. The van der Waals surface area contributed by atoms with Crippen LogP contribution in [0, 0.1) is 0 Å². The molecule has 1 amide bonds. The second-order valence-corrected chi connectivity index (χ2v) is 6.34. The topological polar surface area (TPSA) is 36.0 Å². The molecule has 27 heavy (non-hydrogen) atoms. The van der Waals surface area contributed by atoms with Gasteiger partial charge in [-0.3, -0.25) is 0 Å². The zero-order valence-electron chi connectivity index (χ0n) is 16.3. The fraction of sp³-hybridized carbons (Fsp3) is 0.381. The van der Waals surface area contributed by atoms with Crippen molar-refractivity contribution >= 4 is 28.9 Å². The lowest BCUT2D eigenvalue weighted by molar-refractivity contribution is 0.230. The van der Waals surface area contributed by atoms with E-state index in [1.54, 1.807) is 12.1 Å². The molecule has 0 aromatic heterocycles. The lowest BCUT2D eigenvalue weighted by Crippen LogP contribution is -2.26. The Morgan fingerprint density at radius 3 is 1.59 bits per heavy atom. The summed E-state index contributed by atoms with van der Waals surface area (Å²) in [4.78, 5) is 17.2. The second-order valence-electron chi connectivity index (χ2n) is 6.34. The molecule has 1 heterocycles. The average Bonchev–Trinajstić information content (AvgIpc) is 2.67. The van der Waals surface area contributed by atoms with Gasteiger partial charge in [-0.1, -0.05) is 0 Å². The molecule has 3 rings (SSSR count). The fourth-order valence-corrected chi connectivity index (χ4v) is 3.55. The molecular weight excluding hydrogens is 345 g/mol. The molecule has 6 heteroatoms. The molecule has 0 unspecified atom stereocenters. The predicted molar refractivity (Wildman–Crippen MR) is 109 cm³/mol. The Bertz CT molecular complexity index is 771. The molecule has 0 saturated carbocycles. The van der Waals surface area contributed by atoms with Gasteiger partial charge in [-0.25, -0.2) is 9.69 Å². The van der Waals surface area contributed by atoms with E-state index in [0.29, 0.717) is 22.9 Å². The van der Waals surface area contributed by atoms with E-state index < -0.39 is 6.16 Å². The van der Waals surface area contributed by atoms with E-state index in [0.717, 1.165) is 42.5 Å². The van der Waals surface area contributed by atoms with Gasteiger partial charge in [0, 0.05) is 49.7 Å². The molecule has 0 aliphatic carbocycles. The highest BCUT2D eigenvalue weighted by molar-refractivity contribution is 6.01. The van der Waals surface area contributed by atoms with Gasteiger partial charge in [0.1, 0.15) is 0 Å². The number of amides is 1. The third kappa shape index (κ3) is 3.44. The van der Waals surface area contributed by atoms with Crippen molar-refractivity contribution in [3.63, 3.8) is 0 Å². The molecule has 2 aromatic rings. The second kappa shape index (κ2) is 7.86. The first-order valence-corrected chi connectivity index (χ1v) is 9.49. The quantitative estimate of drug-likeness (QED) is 0.481. The Morgan fingerprint density at radius 2 is 1.26 bits per heavy atom. The van der Waals surface area contributed by atoms with E-state index in [9.17, 15) is 9.18 Å². The zero-order chi connectivity index (χ0) is 19.6. The van der Waals surface area contributed by atoms with E-state index in [2.05, 4.69) is 37.5 Å². The maximum absolute atomic E-state index is 13.9. The molecule has 0 fully saturated rings. The van der Waals surface area contributed by atoms with Crippen LogP contribution in [0.1, 0.15) is 27.7 Å².